The van der Waals surface area contributed by atoms with Gasteiger partial charge >= 0.3 is 0 Å². The summed E-state index contributed by atoms with van der Waals surface area (Å²) in [5, 5.41) is 4.83. The molecule has 0 unspecified atom stereocenters. The van der Waals surface area contributed by atoms with Crippen molar-refractivity contribution in [3.05, 3.63) is 133 Å². The van der Waals surface area contributed by atoms with Gasteiger partial charge in [-0.3, -0.25) is 0 Å². The minimum absolute atomic E-state index is 0.919. The highest BCUT2D eigenvalue weighted by Gasteiger charge is 2.13. The lowest BCUT2D eigenvalue weighted by Gasteiger charge is -2.10. The molecule has 0 radical (unpaired) electrons. The molecule has 0 spiro atoms. The molecule has 0 aliphatic rings. The van der Waals surface area contributed by atoms with Crippen LogP contribution in [-0.4, -0.2) is 4.98 Å². The second-order valence-electron chi connectivity index (χ2n) is 9.84. The molecule has 0 amide bonds. The molecule has 0 saturated carbocycles. The van der Waals surface area contributed by atoms with Crippen LogP contribution in [0.2, 0.25) is 0 Å². The highest BCUT2D eigenvalue weighted by molar-refractivity contribution is 6.13. The van der Waals surface area contributed by atoms with Gasteiger partial charge in [0.15, 0.2) is 0 Å². The van der Waals surface area contributed by atoms with Gasteiger partial charge in [-0.25, -0.2) is 0 Å². The van der Waals surface area contributed by atoms with Gasteiger partial charge in [-0.2, -0.15) is 0 Å². The number of nitrogens with one attached hydrogen (secondary N) is 1. The van der Waals surface area contributed by atoms with E-state index < -0.39 is 0 Å². The Morgan fingerprint density at radius 1 is 0.421 bits per heavy atom. The molecule has 8 rings (SSSR count). The predicted molar refractivity (Wildman–Crippen MR) is 159 cm³/mol. The lowest BCUT2D eigenvalue weighted by atomic mass is 9.94. The zero-order valence-corrected chi connectivity index (χ0v) is 20.6. The number of aromatic nitrogens is 1. The monoisotopic (exact) mass is 485 g/mol. The van der Waals surface area contributed by atoms with Gasteiger partial charge in [0.2, 0.25) is 0 Å². The van der Waals surface area contributed by atoms with Gasteiger partial charge in [-0.1, -0.05) is 103 Å². The molecule has 6 aromatic carbocycles. The first-order valence-corrected chi connectivity index (χ1v) is 12.9. The standard InChI is InChI=1S/C36H23NO/c1-3-18-32-29(13-1)30-17-7-16-28(36(30)37-32)26-12-6-10-24(22-26)23-9-5-11-25(21-23)27-15-8-20-34-35(27)31-14-2-4-19-33(31)38-34/h1-22,37H. The van der Waals surface area contributed by atoms with E-state index in [0.717, 1.165) is 16.6 Å². The van der Waals surface area contributed by atoms with Crippen molar-refractivity contribution in [2.24, 2.45) is 0 Å². The van der Waals surface area contributed by atoms with Crippen molar-refractivity contribution >= 4 is 43.7 Å². The van der Waals surface area contributed by atoms with Gasteiger partial charge in [0.25, 0.3) is 0 Å². The molecule has 0 aliphatic carbocycles. The van der Waals surface area contributed by atoms with E-state index in [-0.39, 0.29) is 0 Å². The summed E-state index contributed by atoms with van der Waals surface area (Å²) in [5.74, 6) is 0. The number of H-pyrrole nitrogens is 1. The number of furan rings is 1. The molecule has 2 nitrogen and oxygen atoms in total. The Morgan fingerprint density at radius 3 is 1.84 bits per heavy atom. The fraction of sp³-hybridized carbons (Fsp3) is 0. The van der Waals surface area contributed by atoms with E-state index in [1.165, 1.54) is 60.6 Å². The second-order valence-corrected chi connectivity index (χ2v) is 9.84. The molecule has 178 valence electrons. The number of aromatic amines is 1. The van der Waals surface area contributed by atoms with Crippen molar-refractivity contribution in [2.45, 2.75) is 0 Å². The summed E-state index contributed by atoms with van der Waals surface area (Å²) in [6.45, 7) is 0. The van der Waals surface area contributed by atoms with Crippen LogP contribution in [0.3, 0.4) is 0 Å². The van der Waals surface area contributed by atoms with E-state index in [9.17, 15) is 0 Å². The lowest BCUT2D eigenvalue weighted by molar-refractivity contribution is 0.669. The van der Waals surface area contributed by atoms with Crippen LogP contribution in [0.1, 0.15) is 0 Å². The van der Waals surface area contributed by atoms with Crippen molar-refractivity contribution in [3.63, 3.8) is 0 Å². The van der Waals surface area contributed by atoms with Gasteiger partial charge in [0, 0.05) is 32.6 Å². The average molecular weight is 486 g/mol. The second kappa shape index (κ2) is 8.22. The molecular formula is C36H23NO. The van der Waals surface area contributed by atoms with Crippen LogP contribution in [0, 0.1) is 0 Å². The van der Waals surface area contributed by atoms with Crippen LogP contribution in [0.25, 0.3) is 77.1 Å². The molecule has 0 fully saturated rings. The fourth-order valence-electron chi connectivity index (χ4n) is 5.86. The van der Waals surface area contributed by atoms with Crippen molar-refractivity contribution in [1.82, 2.24) is 4.98 Å². The number of benzene rings is 6. The zero-order chi connectivity index (χ0) is 25.1. The molecule has 38 heavy (non-hydrogen) atoms. The van der Waals surface area contributed by atoms with Gasteiger partial charge in [0.1, 0.15) is 11.2 Å². The molecule has 0 atom stereocenters. The van der Waals surface area contributed by atoms with Crippen LogP contribution in [0.4, 0.5) is 0 Å². The van der Waals surface area contributed by atoms with E-state index in [0.29, 0.717) is 0 Å². The SMILES string of the molecule is c1cc(-c2cccc(-c3cccc4oc5ccccc5c34)c2)cc(-c2cccc3c2[nH]c2ccccc23)c1. The molecule has 1 N–H and O–H groups in total. The first-order valence-electron chi connectivity index (χ1n) is 12.9. The summed E-state index contributed by atoms with van der Waals surface area (Å²) in [6, 6.07) is 47.3. The molecule has 2 heteroatoms. The van der Waals surface area contributed by atoms with Gasteiger partial charge in [-0.15, -0.1) is 0 Å². The number of hydrogen-bond donors (Lipinski definition) is 1. The Labute approximate surface area is 219 Å². The van der Waals surface area contributed by atoms with Crippen molar-refractivity contribution in [2.75, 3.05) is 0 Å². The summed E-state index contributed by atoms with van der Waals surface area (Å²) in [4.78, 5) is 3.66. The molecule has 0 aliphatic heterocycles. The first kappa shape index (κ1) is 21.0. The normalized spacial score (nSPS) is 11.7. The summed E-state index contributed by atoms with van der Waals surface area (Å²) in [6.07, 6.45) is 0. The van der Waals surface area contributed by atoms with E-state index in [4.69, 9.17) is 4.42 Å². The summed E-state index contributed by atoms with van der Waals surface area (Å²) < 4.78 is 6.15. The molecule has 8 aromatic rings. The van der Waals surface area contributed by atoms with Crippen LogP contribution in [-0.2, 0) is 0 Å². The predicted octanol–water partition coefficient (Wildman–Crippen LogP) is 10.2. The Morgan fingerprint density at radius 2 is 1.00 bits per heavy atom. The molecular weight excluding hydrogens is 462 g/mol. The Hall–Kier alpha value is -5.08. The van der Waals surface area contributed by atoms with E-state index in [2.05, 4.69) is 126 Å². The van der Waals surface area contributed by atoms with Gasteiger partial charge in [-0.05, 0) is 58.1 Å². The number of para-hydroxylation sites is 3. The minimum atomic E-state index is 0.919. The molecule has 2 heterocycles. The maximum atomic E-state index is 6.15. The average Bonchev–Trinajstić information content (AvgIpc) is 3.56. The van der Waals surface area contributed by atoms with Crippen LogP contribution in [0.15, 0.2) is 138 Å². The number of rotatable bonds is 3. The zero-order valence-electron chi connectivity index (χ0n) is 20.6. The molecule has 0 saturated heterocycles. The summed E-state index contributed by atoms with van der Waals surface area (Å²) >= 11 is 0. The third kappa shape index (κ3) is 3.21. The lowest BCUT2D eigenvalue weighted by Crippen LogP contribution is -1.85. The van der Waals surface area contributed by atoms with Crippen LogP contribution in [0.5, 0.6) is 0 Å². The fourth-order valence-corrected chi connectivity index (χ4v) is 5.86. The van der Waals surface area contributed by atoms with Crippen molar-refractivity contribution in [1.29, 1.82) is 0 Å². The number of fused-ring (bicyclic) bond motifs is 6. The minimum Gasteiger partial charge on any atom is -0.456 e. The number of hydrogen-bond acceptors (Lipinski definition) is 1. The molecule has 2 aromatic heterocycles. The highest BCUT2D eigenvalue weighted by Crippen LogP contribution is 2.39. The Kier molecular flexibility index (Phi) is 4.55. The maximum Gasteiger partial charge on any atom is 0.136 e. The van der Waals surface area contributed by atoms with Crippen molar-refractivity contribution in [3.8, 4) is 33.4 Å². The van der Waals surface area contributed by atoms with E-state index >= 15 is 0 Å². The van der Waals surface area contributed by atoms with E-state index in [1.807, 2.05) is 12.1 Å². The first-order chi connectivity index (χ1) is 18.8. The van der Waals surface area contributed by atoms with Gasteiger partial charge < -0.3 is 9.40 Å². The summed E-state index contributed by atoms with van der Waals surface area (Å²) in [5.41, 5.74) is 11.4. The third-order valence-corrected chi connectivity index (χ3v) is 7.62. The van der Waals surface area contributed by atoms with Crippen LogP contribution >= 0.6 is 0 Å². The quantitative estimate of drug-likeness (QED) is 0.265. The maximum absolute atomic E-state index is 6.15. The van der Waals surface area contributed by atoms with Crippen LogP contribution < -0.4 is 0 Å². The largest absolute Gasteiger partial charge is 0.456 e. The Balaban J connectivity index is 1.27. The topological polar surface area (TPSA) is 28.9 Å². The van der Waals surface area contributed by atoms with Gasteiger partial charge in [0.05, 0.1) is 5.52 Å². The van der Waals surface area contributed by atoms with E-state index in [1.54, 1.807) is 0 Å². The molecule has 0 bridgehead atoms. The third-order valence-electron chi connectivity index (χ3n) is 7.62. The highest BCUT2D eigenvalue weighted by atomic mass is 16.3. The smallest absolute Gasteiger partial charge is 0.136 e. The Bertz CT molecular complexity index is 2140. The summed E-state index contributed by atoms with van der Waals surface area (Å²) in [7, 11) is 0. The van der Waals surface area contributed by atoms with Crippen molar-refractivity contribution < 1.29 is 4.42 Å².